The van der Waals surface area contributed by atoms with Crippen molar-refractivity contribution in [1.29, 1.82) is 0 Å². The van der Waals surface area contributed by atoms with Crippen LogP contribution in [0.2, 0.25) is 10.0 Å². The normalized spacial score (nSPS) is 14.2. The van der Waals surface area contributed by atoms with E-state index in [0.29, 0.717) is 0 Å². The van der Waals surface area contributed by atoms with E-state index in [4.69, 9.17) is 33.0 Å². The third-order valence-electron chi connectivity index (χ3n) is 5.14. The molecule has 0 aliphatic heterocycles. The first-order valence-electron chi connectivity index (χ1n) is 9.60. The fourth-order valence-corrected chi connectivity index (χ4v) is 3.81. The molecule has 2 heterocycles. The summed E-state index contributed by atoms with van der Waals surface area (Å²) in [6, 6.07) is 4.23. The number of aliphatic hydroxyl groups is 1. The second-order valence-electron chi connectivity index (χ2n) is 7.30. The van der Waals surface area contributed by atoms with Crippen LogP contribution in [0.25, 0.3) is 0 Å². The lowest BCUT2D eigenvalue weighted by Gasteiger charge is -2.37. The number of carbonyl (C=O) groups is 1. The molecule has 2 atom stereocenters. The van der Waals surface area contributed by atoms with Crippen molar-refractivity contribution in [2.24, 2.45) is 7.05 Å². The van der Waals surface area contributed by atoms with Crippen LogP contribution in [0, 0.1) is 0 Å². The molecule has 2 unspecified atom stereocenters. The number of halogens is 5. The highest BCUT2D eigenvalue weighted by molar-refractivity contribution is 6.43. The summed E-state index contributed by atoms with van der Waals surface area (Å²) in [6.45, 7) is 1.11. The van der Waals surface area contributed by atoms with E-state index in [-0.39, 0.29) is 33.1 Å². The maximum atomic E-state index is 14.2. The van der Waals surface area contributed by atoms with Gasteiger partial charge in [0.1, 0.15) is 10.8 Å². The molecule has 9 nitrogen and oxygen atoms in total. The fourth-order valence-electron chi connectivity index (χ4n) is 3.28. The maximum Gasteiger partial charge on any atom is 0.512 e. The lowest BCUT2D eigenvalue weighted by atomic mass is 9.78. The van der Waals surface area contributed by atoms with E-state index < -0.39 is 35.0 Å². The number of pyridine rings is 1. The third kappa shape index (κ3) is 5.19. The molecule has 186 valence electrons. The lowest BCUT2D eigenvalue weighted by Crippen LogP contribution is -2.47. The lowest BCUT2D eigenvalue weighted by molar-refractivity contribution is -0.274. The number of hydrogen-bond acceptors (Lipinski definition) is 7. The molecule has 0 spiro atoms. The van der Waals surface area contributed by atoms with E-state index in [1.807, 2.05) is 0 Å². The Morgan fingerprint density at radius 3 is 2.26 bits per heavy atom. The zero-order valence-corrected chi connectivity index (χ0v) is 19.4. The number of benzene rings is 1. The van der Waals surface area contributed by atoms with Crippen molar-refractivity contribution in [2.75, 3.05) is 0 Å². The van der Waals surface area contributed by atoms with Crippen molar-refractivity contribution in [2.45, 2.75) is 24.6 Å². The monoisotopic (exact) mass is 533 g/mol. The number of carboxylic acid groups (broad SMARTS) is 1. The minimum absolute atomic E-state index is 0.0912. The molecule has 2 aromatic heterocycles. The number of nitrogens with zero attached hydrogens (tertiary/aromatic N) is 3. The van der Waals surface area contributed by atoms with Crippen LogP contribution < -0.4 is 15.0 Å². The standard InChI is InChI=1S/C21H16Cl2F3N3O6/c1-10(20(33,21(24,25)26)11-3-6-16(30)29(2)9-11)12-4-5-13(18(23)17(12)22)34-14-7-28-15(8-27-14)35-19(31)32/h3-10,33H,1-2H3,(H,31,32). The van der Waals surface area contributed by atoms with Crippen molar-refractivity contribution < 1.29 is 37.7 Å². The quantitative estimate of drug-likeness (QED) is 0.429. The van der Waals surface area contributed by atoms with Gasteiger partial charge in [0.25, 0.3) is 0 Å². The van der Waals surface area contributed by atoms with Crippen molar-refractivity contribution in [1.82, 2.24) is 14.5 Å². The number of hydrogen-bond donors (Lipinski definition) is 2. The Kier molecular flexibility index (Phi) is 7.29. The van der Waals surface area contributed by atoms with Crippen LogP contribution in [0.5, 0.6) is 17.5 Å². The van der Waals surface area contributed by atoms with Crippen LogP contribution in [0.15, 0.2) is 47.7 Å². The van der Waals surface area contributed by atoms with Crippen molar-refractivity contribution in [3.63, 3.8) is 0 Å². The molecule has 0 fully saturated rings. The van der Waals surface area contributed by atoms with Crippen molar-refractivity contribution >= 4 is 29.4 Å². The first-order chi connectivity index (χ1) is 16.3. The van der Waals surface area contributed by atoms with E-state index in [2.05, 4.69) is 14.7 Å². The largest absolute Gasteiger partial charge is 0.512 e. The Hall–Kier alpha value is -3.35. The van der Waals surface area contributed by atoms with Crippen molar-refractivity contribution in [3.8, 4) is 17.5 Å². The zero-order valence-electron chi connectivity index (χ0n) is 17.9. The van der Waals surface area contributed by atoms with Gasteiger partial charge < -0.3 is 24.3 Å². The maximum absolute atomic E-state index is 14.2. The van der Waals surface area contributed by atoms with Gasteiger partial charge in [0.15, 0.2) is 5.60 Å². The Morgan fingerprint density at radius 1 is 1.09 bits per heavy atom. The predicted molar refractivity (Wildman–Crippen MR) is 117 cm³/mol. The molecule has 3 rings (SSSR count). The minimum Gasteiger partial charge on any atom is -0.449 e. The Labute approximate surface area is 205 Å². The van der Waals surface area contributed by atoms with E-state index >= 15 is 0 Å². The molecule has 1 aromatic carbocycles. The molecule has 2 N–H and O–H groups in total. The fraction of sp³-hybridized carbons (Fsp3) is 0.238. The third-order valence-corrected chi connectivity index (χ3v) is 6.02. The van der Waals surface area contributed by atoms with Crippen LogP contribution in [0.3, 0.4) is 0 Å². The molecule has 0 saturated carbocycles. The summed E-state index contributed by atoms with van der Waals surface area (Å²) in [7, 11) is 1.26. The Bertz CT molecular complexity index is 1320. The average Bonchev–Trinajstić information content (AvgIpc) is 2.78. The SMILES string of the molecule is CC(c1ccc(Oc2cnc(OC(=O)O)cn2)c(Cl)c1Cl)C(O)(c1ccc(=O)n(C)c1)C(F)(F)F. The number of rotatable bonds is 6. The number of aryl methyl sites for hydroxylation is 1. The summed E-state index contributed by atoms with van der Waals surface area (Å²) in [6.07, 6.45) is -3.85. The Balaban J connectivity index is 1.98. The van der Waals surface area contributed by atoms with Gasteiger partial charge in [-0.05, 0) is 17.7 Å². The number of alkyl halides is 3. The molecule has 14 heteroatoms. The van der Waals surface area contributed by atoms with Crippen LogP contribution in [-0.2, 0) is 12.6 Å². The first-order valence-corrected chi connectivity index (χ1v) is 10.4. The van der Waals surface area contributed by atoms with E-state index in [0.717, 1.165) is 42.2 Å². The molecule has 0 amide bonds. The summed E-state index contributed by atoms with van der Waals surface area (Å²) in [4.78, 5) is 29.6. The smallest absolute Gasteiger partial charge is 0.449 e. The highest BCUT2D eigenvalue weighted by Crippen LogP contribution is 2.51. The summed E-state index contributed by atoms with van der Waals surface area (Å²) in [5, 5.41) is 18.9. The molecule has 0 radical (unpaired) electrons. The van der Waals surface area contributed by atoms with Gasteiger partial charge in [0.05, 0.1) is 17.4 Å². The van der Waals surface area contributed by atoms with Crippen molar-refractivity contribution in [3.05, 3.63) is 74.4 Å². The van der Waals surface area contributed by atoms with Crippen LogP contribution in [-0.4, -0.2) is 37.1 Å². The molecule has 0 aliphatic carbocycles. The summed E-state index contributed by atoms with van der Waals surface area (Å²) in [5.74, 6) is -2.21. The first kappa shape index (κ1) is 26.3. The molecule has 35 heavy (non-hydrogen) atoms. The molecule has 0 bridgehead atoms. The van der Waals surface area contributed by atoms with Gasteiger partial charge in [-0.15, -0.1) is 0 Å². The van der Waals surface area contributed by atoms with E-state index in [1.165, 1.54) is 19.2 Å². The minimum atomic E-state index is -5.15. The summed E-state index contributed by atoms with van der Waals surface area (Å²) >= 11 is 12.5. The van der Waals surface area contributed by atoms with Crippen LogP contribution in [0.4, 0.5) is 18.0 Å². The van der Waals surface area contributed by atoms with Crippen LogP contribution in [0.1, 0.15) is 24.0 Å². The second kappa shape index (κ2) is 9.72. The van der Waals surface area contributed by atoms with E-state index in [9.17, 15) is 27.9 Å². The molecular formula is C21H16Cl2F3N3O6. The van der Waals surface area contributed by atoms with E-state index in [1.54, 1.807) is 0 Å². The summed E-state index contributed by atoms with van der Waals surface area (Å²) < 4.78 is 53.2. The average molecular weight is 534 g/mol. The molecule has 0 saturated heterocycles. The molecule has 3 aromatic rings. The molecular weight excluding hydrogens is 518 g/mol. The number of ether oxygens (including phenoxy) is 2. The topological polar surface area (TPSA) is 124 Å². The molecule has 0 aliphatic rings. The van der Waals surface area contributed by atoms with Gasteiger partial charge in [-0.25, -0.2) is 14.8 Å². The van der Waals surface area contributed by atoms with Gasteiger partial charge in [-0.3, -0.25) is 4.79 Å². The van der Waals surface area contributed by atoms with Gasteiger partial charge in [0.2, 0.25) is 17.3 Å². The van der Waals surface area contributed by atoms with Gasteiger partial charge in [0, 0.05) is 30.8 Å². The highest BCUT2D eigenvalue weighted by Gasteiger charge is 2.59. The van der Waals surface area contributed by atoms with Gasteiger partial charge in [-0.2, -0.15) is 13.2 Å². The predicted octanol–water partition coefficient (Wildman–Crippen LogP) is 4.88. The number of aromatic nitrogens is 3. The van der Waals surface area contributed by atoms with Crippen LogP contribution >= 0.6 is 23.2 Å². The summed E-state index contributed by atoms with van der Waals surface area (Å²) in [5.41, 5.74) is -4.68. The van der Waals surface area contributed by atoms with Gasteiger partial charge in [-0.1, -0.05) is 36.2 Å². The highest BCUT2D eigenvalue weighted by atomic mass is 35.5. The zero-order chi connectivity index (χ0) is 26.1. The van der Waals surface area contributed by atoms with Gasteiger partial charge >= 0.3 is 12.3 Å². The second-order valence-corrected chi connectivity index (χ2v) is 8.05. The Morgan fingerprint density at radius 2 is 1.71 bits per heavy atom.